The molecule has 86 valence electrons. The highest BCUT2D eigenvalue weighted by Gasteiger charge is 2.24. The van der Waals surface area contributed by atoms with Gasteiger partial charge in [-0.15, -0.1) is 17.8 Å². The Bertz CT molecular complexity index is 538. The molecule has 0 saturated heterocycles. The highest BCUT2D eigenvalue weighted by molar-refractivity contribution is 7.89. The molecule has 7 heteroatoms. The summed E-state index contributed by atoms with van der Waals surface area (Å²) in [5, 5.41) is 10.2. The van der Waals surface area contributed by atoms with Gasteiger partial charge in [0.1, 0.15) is 9.77 Å². The fraction of sp³-hybridized carbons (Fsp3) is 0.222. The molecule has 0 aliphatic heterocycles. The van der Waals surface area contributed by atoms with Crippen molar-refractivity contribution in [2.45, 2.75) is 17.9 Å². The third-order valence-electron chi connectivity index (χ3n) is 1.69. The maximum atomic E-state index is 11.7. The Morgan fingerprint density at radius 1 is 1.69 bits per heavy atom. The molecule has 1 rings (SSSR count). The molecule has 1 atom stereocenters. The van der Waals surface area contributed by atoms with E-state index in [2.05, 4.69) is 10.6 Å². The van der Waals surface area contributed by atoms with Crippen LogP contribution in [0.3, 0.4) is 0 Å². The number of carbonyl (C=O) groups is 1. The van der Waals surface area contributed by atoms with Gasteiger partial charge in [-0.25, -0.2) is 13.2 Å². The number of sulfonamides is 1. The van der Waals surface area contributed by atoms with Crippen molar-refractivity contribution in [2.75, 3.05) is 0 Å². The number of hydrogen-bond acceptors (Lipinski definition) is 4. The van der Waals surface area contributed by atoms with Crippen molar-refractivity contribution in [3.8, 4) is 12.3 Å². The number of hydrogen-bond donors (Lipinski definition) is 2. The molecule has 1 unspecified atom stereocenters. The van der Waals surface area contributed by atoms with Crippen LogP contribution < -0.4 is 4.72 Å². The standard InChI is InChI=1S/C9H9NO4S2/c1-3-6(2)10-16(13,14)7-4-5-15-8(7)9(11)12/h1,4-6,10H,2H3,(H,11,12). The summed E-state index contributed by atoms with van der Waals surface area (Å²) in [6, 6.07) is 0.547. The topological polar surface area (TPSA) is 83.5 Å². The molecule has 16 heavy (non-hydrogen) atoms. The Hall–Kier alpha value is -1.36. The van der Waals surface area contributed by atoms with E-state index in [0.29, 0.717) is 0 Å². The van der Waals surface area contributed by atoms with Gasteiger partial charge in [0.15, 0.2) is 0 Å². The molecule has 1 aromatic heterocycles. The minimum absolute atomic E-state index is 0.225. The van der Waals surface area contributed by atoms with Crippen molar-refractivity contribution in [1.82, 2.24) is 4.72 Å². The monoisotopic (exact) mass is 259 g/mol. The van der Waals surface area contributed by atoms with E-state index in [4.69, 9.17) is 11.5 Å². The third-order valence-corrected chi connectivity index (χ3v) is 4.31. The van der Waals surface area contributed by atoms with Crippen molar-refractivity contribution in [3.05, 3.63) is 16.3 Å². The molecule has 1 heterocycles. The molecule has 2 N–H and O–H groups in total. The van der Waals surface area contributed by atoms with Crippen molar-refractivity contribution in [3.63, 3.8) is 0 Å². The molecule has 0 fully saturated rings. The largest absolute Gasteiger partial charge is 0.477 e. The van der Waals surface area contributed by atoms with Gasteiger partial charge in [-0.3, -0.25) is 0 Å². The number of terminal acetylenes is 1. The first-order valence-corrected chi connectivity index (χ1v) is 6.54. The number of aromatic carboxylic acids is 1. The van der Waals surface area contributed by atoms with Gasteiger partial charge in [0.05, 0.1) is 6.04 Å². The normalized spacial score (nSPS) is 13.0. The quantitative estimate of drug-likeness (QED) is 0.781. The van der Waals surface area contributed by atoms with Crippen LogP contribution >= 0.6 is 11.3 Å². The van der Waals surface area contributed by atoms with E-state index in [1.165, 1.54) is 18.4 Å². The molecule has 0 amide bonds. The van der Waals surface area contributed by atoms with Gasteiger partial charge in [0.2, 0.25) is 10.0 Å². The van der Waals surface area contributed by atoms with Gasteiger partial charge >= 0.3 is 5.97 Å². The Morgan fingerprint density at radius 2 is 2.31 bits per heavy atom. The molecule has 0 saturated carbocycles. The molecule has 5 nitrogen and oxygen atoms in total. The lowest BCUT2D eigenvalue weighted by molar-refractivity contribution is 0.0698. The average Bonchev–Trinajstić information content (AvgIpc) is 2.65. The minimum Gasteiger partial charge on any atom is -0.477 e. The molecular formula is C9H9NO4S2. The molecule has 0 spiro atoms. The van der Waals surface area contributed by atoms with Crippen molar-refractivity contribution in [1.29, 1.82) is 0 Å². The summed E-state index contributed by atoms with van der Waals surface area (Å²) in [4.78, 5) is 10.3. The summed E-state index contributed by atoms with van der Waals surface area (Å²) in [5.74, 6) is 0.923. The van der Waals surface area contributed by atoms with E-state index in [-0.39, 0.29) is 9.77 Å². The van der Waals surface area contributed by atoms with Gasteiger partial charge in [0.25, 0.3) is 0 Å². The van der Waals surface area contributed by atoms with Gasteiger partial charge in [-0.05, 0) is 18.4 Å². The first-order valence-electron chi connectivity index (χ1n) is 4.17. The number of rotatable bonds is 4. The zero-order chi connectivity index (χ0) is 12.3. The van der Waals surface area contributed by atoms with E-state index < -0.39 is 22.0 Å². The lowest BCUT2D eigenvalue weighted by atomic mass is 10.4. The van der Waals surface area contributed by atoms with Crippen molar-refractivity contribution < 1.29 is 18.3 Å². The Labute approximate surface area is 97.2 Å². The van der Waals surface area contributed by atoms with Gasteiger partial charge < -0.3 is 5.11 Å². The predicted octanol–water partition coefficient (Wildman–Crippen LogP) is 0.746. The highest BCUT2D eigenvalue weighted by atomic mass is 32.2. The van der Waals surface area contributed by atoms with Crippen molar-refractivity contribution >= 4 is 27.3 Å². The van der Waals surface area contributed by atoms with Crippen molar-refractivity contribution in [2.24, 2.45) is 0 Å². The van der Waals surface area contributed by atoms with Crippen LogP contribution in [0.2, 0.25) is 0 Å². The fourth-order valence-corrected chi connectivity index (χ4v) is 3.42. The summed E-state index contributed by atoms with van der Waals surface area (Å²) >= 11 is 0.849. The SMILES string of the molecule is C#CC(C)NS(=O)(=O)c1ccsc1C(=O)O. The van der Waals surface area contributed by atoms with Gasteiger partial charge in [-0.2, -0.15) is 4.72 Å². The average molecular weight is 259 g/mol. The molecule has 1 aromatic rings. The zero-order valence-corrected chi connectivity index (χ0v) is 9.93. The molecule has 0 aliphatic rings. The smallest absolute Gasteiger partial charge is 0.347 e. The van der Waals surface area contributed by atoms with E-state index in [0.717, 1.165) is 11.3 Å². The van der Waals surface area contributed by atoms with Crippen LogP contribution in [0.25, 0.3) is 0 Å². The van der Waals surface area contributed by atoms with E-state index >= 15 is 0 Å². The molecule has 0 radical (unpaired) electrons. The second-order valence-electron chi connectivity index (χ2n) is 2.93. The van der Waals surface area contributed by atoms with Gasteiger partial charge in [-0.1, -0.05) is 5.92 Å². The van der Waals surface area contributed by atoms with E-state index in [1.807, 2.05) is 0 Å². The van der Waals surface area contributed by atoms with Crippen LogP contribution in [0.4, 0.5) is 0 Å². The molecule has 0 aromatic carbocycles. The number of carboxylic acids is 1. The Morgan fingerprint density at radius 3 is 2.81 bits per heavy atom. The fourth-order valence-electron chi connectivity index (χ4n) is 0.995. The number of thiophene rings is 1. The first-order chi connectivity index (χ1) is 7.38. The van der Waals surface area contributed by atoms with Crippen LogP contribution in [-0.2, 0) is 10.0 Å². The Balaban J connectivity index is 3.14. The van der Waals surface area contributed by atoms with Crippen LogP contribution in [-0.4, -0.2) is 25.5 Å². The second kappa shape index (κ2) is 4.65. The minimum atomic E-state index is -3.87. The maximum Gasteiger partial charge on any atom is 0.347 e. The van der Waals surface area contributed by atoms with E-state index in [1.54, 1.807) is 0 Å². The maximum absolute atomic E-state index is 11.7. The zero-order valence-electron chi connectivity index (χ0n) is 8.30. The molecule has 0 bridgehead atoms. The lowest BCUT2D eigenvalue weighted by Crippen LogP contribution is -2.31. The van der Waals surface area contributed by atoms with Crippen LogP contribution in [0.5, 0.6) is 0 Å². The first kappa shape index (κ1) is 12.7. The summed E-state index contributed by atoms with van der Waals surface area (Å²) in [5.41, 5.74) is 0. The number of carboxylic acid groups (broad SMARTS) is 1. The van der Waals surface area contributed by atoms with Crippen LogP contribution in [0.15, 0.2) is 16.3 Å². The van der Waals surface area contributed by atoms with Crippen LogP contribution in [0, 0.1) is 12.3 Å². The molecule has 0 aliphatic carbocycles. The predicted molar refractivity (Wildman–Crippen MR) is 59.9 cm³/mol. The third kappa shape index (κ3) is 2.61. The van der Waals surface area contributed by atoms with Gasteiger partial charge in [0, 0.05) is 0 Å². The highest BCUT2D eigenvalue weighted by Crippen LogP contribution is 2.21. The molecular weight excluding hydrogens is 250 g/mol. The second-order valence-corrected chi connectivity index (χ2v) is 5.53. The summed E-state index contributed by atoms with van der Waals surface area (Å²) in [6.45, 7) is 1.49. The summed E-state index contributed by atoms with van der Waals surface area (Å²) in [6.07, 6.45) is 5.04. The summed E-state index contributed by atoms with van der Waals surface area (Å²) in [7, 11) is -3.87. The van der Waals surface area contributed by atoms with E-state index in [9.17, 15) is 13.2 Å². The number of nitrogens with one attached hydrogen (secondary N) is 1. The lowest BCUT2D eigenvalue weighted by Gasteiger charge is -2.08. The Kier molecular flexibility index (Phi) is 3.70. The summed E-state index contributed by atoms with van der Waals surface area (Å²) < 4.78 is 25.6. The van der Waals surface area contributed by atoms with Crippen LogP contribution in [0.1, 0.15) is 16.6 Å².